The van der Waals surface area contributed by atoms with Crippen LogP contribution in [0.25, 0.3) is 0 Å². The van der Waals surface area contributed by atoms with E-state index in [-0.39, 0.29) is 24.0 Å². The van der Waals surface area contributed by atoms with Crippen molar-refractivity contribution in [2.24, 2.45) is 4.99 Å². The molecular weight excluding hydrogens is 453 g/mol. The SMILES string of the molecule is CN=C(NCCc1ccc(OC)c(OC)c1)N(C)Cc1ccc(C)cc1.I. The van der Waals surface area contributed by atoms with E-state index in [0.717, 1.165) is 37.0 Å². The second-order valence-corrected chi connectivity index (χ2v) is 6.25. The molecule has 5 nitrogen and oxygen atoms in total. The van der Waals surface area contributed by atoms with Crippen molar-refractivity contribution in [3.63, 3.8) is 0 Å². The lowest BCUT2D eigenvalue weighted by Crippen LogP contribution is -2.39. The van der Waals surface area contributed by atoms with Crippen LogP contribution in [0.4, 0.5) is 0 Å². The Bertz CT molecular complexity index is 733. The van der Waals surface area contributed by atoms with Crippen LogP contribution < -0.4 is 14.8 Å². The van der Waals surface area contributed by atoms with Gasteiger partial charge in [-0.25, -0.2) is 0 Å². The minimum absolute atomic E-state index is 0. The maximum Gasteiger partial charge on any atom is 0.193 e. The third-order valence-electron chi connectivity index (χ3n) is 4.26. The van der Waals surface area contributed by atoms with Crippen LogP contribution in [0.5, 0.6) is 11.5 Å². The molecule has 0 atom stereocenters. The molecule has 0 heterocycles. The molecule has 2 aromatic rings. The van der Waals surface area contributed by atoms with Gasteiger partial charge in [-0.1, -0.05) is 35.9 Å². The molecule has 0 amide bonds. The number of ether oxygens (including phenoxy) is 2. The molecule has 0 saturated carbocycles. The second kappa shape index (κ2) is 11.7. The van der Waals surface area contributed by atoms with Crippen LogP contribution in [0.3, 0.4) is 0 Å². The molecule has 27 heavy (non-hydrogen) atoms. The number of rotatable bonds is 7. The first-order valence-corrected chi connectivity index (χ1v) is 8.75. The summed E-state index contributed by atoms with van der Waals surface area (Å²) in [5.74, 6) is 2.38. The zero-order valence-corrected chi connectivity index (χ0v) is 19.1. The quantitative estimate of drug-likeness (QED) is 0.369. The predicted molar refractivity (Wildman–Crippen MR) is 123 cm³/mol. The van der Waals surface area contributed by atoms with Gasteiger partial charge in [0.05, 0.1) is 14.2 Å². The van der Waals surface area contributed by atoms with Crippen molar-refractivity contribution in [1.82, 2.24) is 10.2 Å². The average molecular weight is 483 g/mol. The van der Waals surface area contributed by atoms with Crippen LogP contribution in [0.15, 0.2) is 47.5 Å². The fourth-order valence-electron chi connectivity index (χ4n) is 2.78. The van der Waals surface area contributed by atoms with Crippen LogP contribution in [0, 0.1) is 6.92 Å². The molecule has 0 bridgehead atoms. The smallest absolute Gasteiger partial charge is 0.193 e. The molecule has 0 fully saturated rings. The van der Waals surface area contributed by atoms with Gasteiger partial charge in [0.15, 0.2) is 17.5 Å². The molecule has 6 heteroatoms. The van der Waals surface area contributed by atoms with Gasteiger partial charge in [-0.3, -0.25) is 4.99 Å². The van der Waals surface area contributed by atoms with Crippen molar-refractivity contribution in [2.75, 3.05) is 34.9 Å². The summed E-state index contributed by atoms with van der Waals surface area (Å²) < 4.78 is 10.6. The van der Waals surface area contributed by atoms with E-state index in [1.165, 1.54) is 16.7 Å². The number of aliphatic imine (C=N–C) groups is 1. The largest absolute Gasteiger partial charge is 0.493 e. The fraction of sp³-hybridized carbons (Fsp3) is 0.381. The van der Waals surface area contributed by atoms with E-state index in [9.17, 15) is 0 Å². The molecule has 0 aliphatic rings. The zero-order chi connectivity index (χ0) is 18.9. The Kier molecular flexibility index (Phi) is 9.99. The Hall–Kier alpha value is -1.96. The molecule has 0 unspecified atom stereocenters. The summed E-state index contributed by atoms with van der Waals surface area (Å²) in [5, 5.41) is 3.42. The van der Waals surface area contributed by atoms with Crippen molar-refractivity contribution < 1.29 is 9.47 Å². The normalized spacial score (nSPS) is 10.8. The first-order chi connectivity index (χ1) is 12.6. The van der Waals surface area contributed by atoms with Gasteiger partial charge in [-0.15, -0.1) is 24.0 Å². The van der Waals surface area contributed by atoms with Gasteiger partial charge in [-0.2, -0.15) is 0 Å². The molecule has 0 spiro atoms. The number of nitrogens with one attached hydrogen (secondary N) is 1. The van der Waals surface area contributed by atoms with Gasteiger partial charge in [0, 0.05) is 27.2 Å². The van der Waals surface area contributed by atoms with Crippen molar-refractivity contribution in [3.05, 3.63) is 59.2 Å². The predicted octanol–water partition coefficient (Wildman–Crippen LogP) is 3.88. The van der Waals surface area contributed by atoms with Gasteiger partial charge < -0.3 is 19.7 Å². The lowest BCUT2D eigenvalue weighted by Gasteiger charge is -2.22. The number of guanidine groups is 1. The van der Waals surface area contributed by atoms with E-state index in [1.54, 1.807) is 14.2 Å². The van der Waals surface area contributed by atoms with Crippen LogP contribution in [0.2, 0.25) is 0 Å². The number of aryl methyl sites for hydroxylation is 1. The standard InChI is InChI=1S/C21H29N3O2.HI/c1-16-6-8-18(9-7-16)15-24(3)21(22-2)23-13-12-17-10-11-19(25-4)20(14-17)26-5;/h6-11,14H,12-13,15H2,1-5H3,(H,22,23);1H. The minimum Gasteiger partial charge on any atom is -0.493 e. The number of halogens is 1. The highest BCUT2D eigenvalue weighted by atomic mass is 127. The average Bonchev–Trinajstić information content (AvgIpc) is 2.66. The maximum absolute atomic E-state index is 5.36. The van der Waals surface area contributed by atoms with Crippen molar-refractivity contribution >= 4 is 29.9 Å². The summed E-state index contributed by atoms with van der Waals surface area (Å²) in [5.41, 5.74) is 3.72. The molecule has 0 aliphatic carbocycles. The third kappa shape index (κ3) is 6.93. The molecule has 2 rings (SSSR count). The van der Waals surface area contributed by atoms with Crippen molar-refractivity contribution in [1.29, 1.82) is 0 Å². The van der Waals surface area contributed by atoms with Gasteiger partial charge in [-0.05, 0) is 36.6 Å². The summed E-state index contributed by atoms with van der Waals surface area (Å²) in [6, 6.07) is 14.6. The number of hydrogen-bond acceptors (Lipinski definition) is 3. The Morgan fingerprint density at radius 1 is 1.00 bits per heavy atom. The summed E-state index contributed by atoms with van der Waals surface area (Å²) in [6.45, 7) is 3.71. The van der Waals surface area contributed by atoms with E-state index in [4.69, 9.17) is 9.47 Å². The van der Waals surface area contributed by atoms with E-state index >= 15 is 0 Å². The van der Waals surface area contributed by atoms with E-state index < -0.39 is 0 Å². The Balaban J connectivity index is 0.00000364. The van der Waals surface area contributed by atoms with E-state index in [0.29, 0.717) is 0 Å². The molecule has 0 aliphatic heterocycles. The molecule has 0 saturated heterocycles. The van der Waals surface area contributed by atoms with E-state index in [2.05, 4.69) is 52.5 Å². The lowest BCUT2D eigenvalue weighted by atomic mass is 10.1. The molecule has 0 aromatic heterocycles. The number of benzene rings is 2. The van der Waals surface area contributed by atoms with Crippen LogP contribution in [-0.2, 0) is 13.0 Å². The highest BCUT2D eigenvalue weighted by Gasteiger charge is 2.08. The molecular formula is C21H30IN3O2. The molecule has 2 aromatic carbocycles. The van der Waals surface area contributed by atoms with Gasteiger partial charge in [0.1, 0.15) is 0 Å². The number of hydrogen-bond donors (Lipinski definition) is 1. The minimum atomic E-state index is 0. The fourth-order valence-corrected chi connectivity index (χ4v) is 2.78. The Morgan fingerprint density at radius 3 is 2.22 bits per heavy atom. The van der Waals surface area contributed by atoms with Crippen LogP contribution >= 0.6 is 24.0 Å². The summed E-state index contributed by atoms with van der Waals surface area (Å²) in [7, 11) is 7.16. The zero-order valence-electron chi connectivity index (χ0n) is 16.8. The van der Waals surface area contributed by atoms with Gasteiger partial charge in [0.25, 0.3) is 0 Å². The van der Waals surface area contributed by atoms with Crippen molar-refractivity contribution in [3.8, 4) is 11.5 Å². The van der Waals surface area contributed by atoms with Crippen LogP contribution in [0.1, 0.15) is 16.7 Å². The Morgan fingerprint density at radius 2 is 1.63 bits per heavy atom. The van der Waals surface area contributed by atoms with Crippen LogP contribution in [-0.4, -0.2) is 45.7 Å². The third-order valence-corrected chi connectivity index (χ3v) is 4.26. The monoisotopic (exact) mass is 483 g/mol. The summed E-state index contributed by atoms with van der Waals surface area (Å²) in [4.78, 5) is 6.51. The summed E-state index contributed by atoms with van der Waals surface area (Å²) >= 11 is 0. The summed E-state index contributed by atoms with van der Waals surface area (Å²) in [6.07, 6.45) is 0.873. The Labute approximate surface area is 179 Å². The highest BCUT2D eigenvalue weighted by molar-refractivity contribution is 14.0. The van der Waals surface area contributed by atoms with Crippen molar-refractivity contribution in [2.45, 2.75) is 19.9 Å². The molecule has 1 N–H and O–H groups in total. The molecule has 0 radical (unpaired) electrons. The number of nitrogens with zero attached hydrogens (tertiary/aromatic N) is 2. The van der Waals surface area contributed by atoms with E-state index in [1.807, 2.05) is 26.2 Å². The molecule has 148 valence electrons. The van der Waals surface area contributed by atoms with Gasteiger partial charge in [0.2, 0.25) is 0 Å². The highest BCUT2D eigenvalue weighted by Crippen LogP contribution is 2.27. The maximum atomic E-state index is 5.36. The first kappa shape index (κ1) is 23.1. The first-order valence-electron chi connectivity index (χ1n) is 8.75. The van der Waals surface area contributed by atoms with Gasteiger partial charge >= 0.3 is 0 Å². The second-order valence-electron chi connectivity index (χ2n) is 6.25. The number of methoxy groups -OCH3 is 2. The topological polar surface area (TPSA) is 46.1 Å². The lowest BCUT2D eigenvalue weighted by molar-refractivity contribution is 0.354.